The number of carbonyl (C=O) groups excluding carboxylic acids is 2. The Bertz CT molecular complexity index is 1200. The van der Waals surface area contributed by atoms with E-state index in [9.17, 15) is 9.59 Å². The number of benzene rings is 1. The SMILES string of the molecule is C=CC(=O)NC1CCC[C@@H](Nc2nnc(C(N)=O)c(Nc3ccc4ncccc4c3)n2)[C@H]1C. The molecule has 10 heteroatoms. The molecule has 170 valence electrons. The second-order valence-corrected chi connectivity index (χ2v) is 8.09. The summed E-state index contributed by atoms with van der Waals surface area (Å²) in [5.41, 5.74) is 7.00. The van der Waals surface area contributed by atoms with E-state index >= 15 is 0 Å². The summed E-state index contributed by atoms with van der Waals surface area (Å²) < 4.78 is 0. The highest BCUT2D eigenvalue weighted by atomic mass is 16.2. The van der Waals surface area contributed by atoms with Gasteiger partial charge >= 0.3 is 0 Å². The Morgan fingerprint density at radius 3 is 2.79 bits per heavy atom. The summed E-state index contributed by atoms with van der Waals surface area (Å²) in [6.45, 7) is 5.58. The van der Waals surface area contributed by atoms with Crippen LogP contribution in [0, 0.1) is 5.92 Å². The lowest BCUT2D eigenvalue weighted by Crippen LogP contribution is -2.48. The third-order valence-corrected chi connectivity index (χ3v) is 5.91. The molecule has 1 saturated carbocycles. The number of nitrogens with zero attached hydrogens (tertiary/aromatic N) is 4. The van der Waals surface area contributed by atoms with E-state index in [0.717, 1.165) is 30.2 Å². The molecule has 1 aliphatic rings. The summed E-state index contributed by atoms with van der Waals surface area (Å²) in [5.74, 6) is -0.301. The maximum atomic E-state index is 11.9. The summed E-state index contributed by atoms with van der Waals surface area (Å²) in [4.78, 5) is 32.5. The molecule has 4 rings (SSSR count). The number of pyridine rings is 1. The average Bonchev–Trinajstić information content (AvgIpc) is 2.81. The summed E-state index contributed by atoms with van der Waals surface area (Å²) in [6.07, 6.45) is 5.73. The van der Waals surface area contributed by atoms with Crippen molar-refractivity contribution in [3.8, 4) is 0 Å². The second kappa shape index (κ2) is 9.60. The van der Waals surface area contributed by atoms with Crippen molar-refractivity contribution in [3.63, 3.8) is 0 Å². The summed E-state index contributed by atoms with van der Waals surface area (Å²) in [5, 5.41) is 18.4. The van der Waals surface area contributed by atoms with Crippen molar-refractivity contribution in [2.75, 3.05) is 10.6 Å². The lowest BCUT2D eigenvalue weighted by Gasteiger charge is -2.36. The van der Waals surface area contributed by atoms with Crippen molar-refractivity contribution in [3.05, 3.63) is 54.9 Å². The number of hydrogen-bond acceptors (Lipinski definition) is 8. The minimum Gasteiger partial charge on any atom is -0.364 e. The molecule has 2 amide bonds. The molecule has 2 aromatic heterocycles. The van der Waals surface area contributed by atoms with Crippen LogP contribution < -0.4 is 21.7 Å². The smallest absolute Gasteiger partial charge is 0.273 e. The molecule has 0 radical (unpaired) electrons. The van der Waals surface area contributed by atoms with E-state index in [2.05, 4.69) is 49.6 Å². The van der Waals surface area contributed by atoms with Gasteiger partial charge in [0.1, 0.15) is 0 Å². The van der Waals surface area contributed by atoms with Crippen molar-refractivity contribution in [1.82, 2.24) is 25.5 Å². The zero-order valence-corrected chi connectivity index (χ0v) is 18.3. The lowest BCUT2D eigenvalue weighted by atomic mass is 9.81. The minimum absolute atomic E-state index is 0.0170. The van der Waals surface area contributed by atoms with Crippen LogP contribution in [0.25, 0.3) is 10.9 Å². The van der Waals surface area contributed by atoms with E-state index in [-0.39, 0.29) is 41.4 Å². The molecule has 0 aliphatic heterocycles. The van der Waals surface area contributed by atoms with Crippen LogP contribution in [-0.2, 0) is 4.79 Å². The number of fused-ring (bicyclic) bond motifs is 1. The summed E-state index contributed by atoms with van der Waals surface area (Å²) in [6, 6.07) is 9.45. The van der Waals surface area contributed by atoms with Crippen molar-refractivity contribution in [2.24, 2.45) is 11.7 Å². The number of nitrogens with two attached hydrogens (primary N) is 1. The monoisotopic (exact) mass is 446 g/mol. The van der Waals surface area contributed by atoms with Crippen LogP contribution in [0.2, 0.25) is 0 Å². The molecule has 1 unspecified atom stereocenters. The first-order valence-corrected chi connectivity index (χ1v) is 10.8. The van der Waals surface area contributed by atoms with E-state index in [4.69, 9.17) is 5.73 Å². The largest absolute Gasteiger partial charge is 0.364 e. The Labute approximate surface area is 191 Å². The third-order valence-electron chi connectivity index (χ3n) is 5.91. The van der Waals surface area contributed by atoms with Crippen molar-refractivity contribution >= 4 is 40.2 Å². The standard InChI is InChI=1S/C23H26N8O2/c1-3-19(32)27-16-7-4-8-17(13(16)2)28-23-29-22(20(21(24)33)30-31-23)26-15-9-10-18-14(12-15)6-5-11-25-18/h3,5-6,9-13,16-17H,1,4,7-8H2,2H3,(H2,24,33)(H,27,32)(H2,26,28,29,31)/t13-,16?,17+/m0/s1. The summed E-state index contributed by atoms with van der Waals surface area (Å²) >= 11 is 0. The molecular weight excluding hydrogens is 420 g/mol. The number of anilines is 3. The fourth-order valence-electron chi connectivity index (χ4n) is 4.11. The molecule has 3 aromatic rings. The van der Waals surface area contributed by atoms with Crippen LogP contribution in [-0.4, -0.2) is 44.1 Å². The number of nitrogens with one attached hydrogen (secondary N) is 3. The Kier molecular flexibility index (Phi) is 6.43. The first kappa shape index (κ1) is 22.1. The fourth-order valence-corrected chi connectivity index (χ4v) is 4.11. The number of aromatic nitrogens is 4. The Morgan fingerprint density at radius 1 is 1.18 bits per heavy atom. The van der Waals surface area contributed by atoms with Gasteiger partial charge in [-0.05, 0) is 55.5 Å². The normalized spacial score (nSPS) is 20.1. The maximum Gasteiger partial charge on any atom is 0.273 e. The van der Waals surface area contributed by atoms with E-state index < -0.39 is 5.91 Å². The third kappa shape index (κ3) is 5.05. The highest BCUT2D eigenvalue weighted by Gasteiger charge is 2.31. The molecule has 1 aromatic carbocycles. The molecule has 0 bridgehead atoms. The predicted molar refractivity (Wildman–Crippen MR) is 126 cm³/mol. The van der Waals surface area contributed by atoms with Gasteiger partial charge in [0, 0.05) is 29.4 Å². The van der Waals surface area contributed by atoms with Gasteiger partial charge in [-0.1, -0.05) is 19.6 Å². The van der Waals surface area contributed by atoms with Gasteiger partial charge in [0.15, 0.2) is 11.5 Å². The van der Waals surface area contributed by atoms with Crippen LogP contribution in [0.1, 0.15) is 36.7 Å². The van der Waals surface area contributed by atoms with Crippen LogP contribution in [0.3, 0.4) is 0 Å². The highest BCUT2D eigenvalue weighted by Crippen LogP contribution is 2.28. The van der Waals surface area contributed by atoms with E-state index in [0.29, 0.717) is 5.69 Å². The number of primary amides is 1. The van der Waals surface area contributed by atoms with Crippen LogP contribution in [0.5, 0.6) is 0 Å². The zero-order valence-electron chi connectivity index (χ0n) is 18.3. The van der Waals surface area contributed by atoms with Crippen LogP contribution in [0.4, 0.5) is 17.5 Å². The molecule has 0 saturated heterocycles. The van der Waals surface area contributed by atoms with Gasteiger partial charge < -0.3 is 21.7 Å². The van der Waals surface area contributed by atoms with Crippen LogP contribution >= 0.6 is 0 Å². The number of amides is 2. The van der Waals surface area contributed by atoms with Gasteiger partial charge in [-0.25, -0.2) is 0 Å². The molecular formula is C23H26N8O2. The predicted octanol–water partition coefficient (Wildman–Crippen LogP) is 2.53. The summed E-state index contributed by atoms with van der Waals surface area (Å²) in [7, 11) is 0. The first-order chi connectivity index (χ1) is 15.9. The van der Waals surface area contributed by atoms with Crippen LogP contribution in [0.15, 0.2) is 49.2 Å². The quantitative estimate of drug-likeness (QED) is 0.405. The van der Waals surface area contributed by atoms with E-state index in [1.165, 1.54) is 6.08 Å². The molecule has 2 heterocycles. The first-order valence-electron chi connectivity index (χ1n) is 10.8. The molecule has 0 spiro atoms. The Morgan fingerprint density at radius 2 is 2.00 bits per heavy atom. The van der Waals surface area contributed by atoms with Gasteiger partial charge in [0.05, 0.1) is 5.52 Å². The van der Waals surface area contributed by atoms with E-state index in [1.54, 1.807) is 6.20 Å². The Balaban J connectivity index is 1.56. The molecule has 1 fully saturated rings. The van der Waals surface area contributed by atoms with Crippen molar-refractivity contribution < 1.29 is 9.59 Å². The topological polar surface area (TPSA) is 148 Å². The minimum atomic E-state index is -0.732. The average molecular weight is 447 g/mol. The van der Waals surface area contributed by atoms with Gasteiger partial charge in [0.2, 0.25) is 11.9 Å². The Hall–Kier alpha value is -4.08. The highest BCUT2D eigenvalue weighted by molar-refractivity contribution is 5.96. The maximum absolute atomic E-state index is 11.9. The van der Waals surface area contributed by atoms with Gasteiger partial charge in [-0.3, -0.25) is 14.6 Å². The molecule has 3 atom stereocenters. The van der Waals surface area contributed by atoms with Gasteiger partial charge in [0.25, 0.3) is 5.91 Å². The second-order valence-electron chi connectivity index (χ2n) is 8.09. The molecule has 33 heavy (non-hydrogen) atoms. The number of rotatable bonds is 7. The lowest BCUT2D eigenvalue weighted by molar-refractivity contribution is -0.117. The van der Waals surface area contributed by atoms with Crippen molar-refractivity contribution in [1.29, 1.82) is 0 Å². The zero-order chi connectivity index (χ0) is 23.4. The number of hydrogen-bond donors (Lipinski definition) is 4. The number of carbonyl (C=O) groups is 2. The fraction of sp³-hybridized carbons (Fsp3) is 0.304. The van der Waals surface area contributed by atoms with Gasteiger partial charge in [-0.2, -0.15) is 4.98 Å². The molecule has 5 N–H and O–H groups in total. The van der Waals surface area contributed by atoms with Crippen molar-refractivity contribution in [2.45, 2.75) is 38.3 Å². The van der Waals surface area contributed by atoms with Gasteiger partial charge in [-0.15, -0.1) is 10.2 Å². The molecule has 1 aliphatic carbocycles. The van der Waals surface area contributed by atoms with E-state index in [1.807, 2.05) is 30.3 Å². The molecule has 10 nitrogen and oxygen atoms in total.